The summed E-state index contributed by atoms with van der Waals surface area (Å²) in [6.45, 7) is 0. The second-order valence-electron chi connectivity index (χ2n) is 3.81. The van der Waals surface area contributed by atoms with Crippen molar-refractivity contribution in [3.63, 3.8) is 0 Å². The van der Waals surface area contributed by atoms with Crippen molar-refractivity contribution < 1.29 is 5.11 Å². The van der Waals surface area contributed by atoms with Crippen molar-refractivity contribution in [1.29, 1.82) is 0 Å². The Kier molecular flexibility index (Phi) is 2.49. The molecule has 0 aliphatic heterocycles. The molecule has 0 saturated carbocycles. The highest BCUT2D eigenvalue weighted by molar-refractivity contribution is 5.96. The van der Waals surface area contributed by atoms with Gasteiger partial charge in [0.25, 0.3) is 0 Å². The fourth-order valence-electron chi connectivity index (χ4n) is 1.76. The smallest absolute Gasteiger partial charge is 0.141 e. The summed E-state index contributed by atoms with van der Waals surface area (Å²) in [6.07, 6.45) is 4.54. The van der Waals surface area contributed by atoms with Crippen LogP contribution in [-0.4, -0.2) is 26.2 Å². The average Bonchev–Trinajstić information content (AvgIpc) is 2.91. The Morgan fingerprint density at radius 3 is 2.67 bits per heavy atom. The Hall–Kier alpha value is -2.69. The Morgan fingerprint density at radius 1 is 1.06 bits per heavy atom. The lowest BCUT2D eigenvalue weighted by atomic mass is 10.1. The van der Waals surface area contributed by atoms with Crippen LogP contribution in [0.1, 0.15) is 5.56 Å². The van der Waals surface area contributed by atoms with E-state index in [1.807, 2.05) is 36.4 Å². The average molecular weight is 238 g/mol. The molecule has 0 atom stereocenters. The number of aromatic nitrogens is 3. The molecule has 0 unspecified atom stereocenters. The predicted molar refractivity (Wildman–Crippen MR) is 68.6 cm³/mol. The third kappa shape index (κ3) is 1.82. The summed E-state index contributed by atoms with van der Waals surface area (Å²) in [4.78, 5) is 0. The summed E-state index contributed by atoms with van der Waals surface area (Å²) in [7, 11) is 0. The fraction of sp³-hybridized carbons (Fsp3) is 0. The summed E-state index contributed by atoms with van der Waals surface area (Å²) in [6, 6.07) is 11.4. The highest BCUT2D eigenvalue weighted by atomic mass is 16.3. The number of nitrogens with zero attached hydrogens (tertiary/aromatic N) is 4. The van der Waals surface area contributed by atoms with Gasteiger partial charge in [-0.2, -0.15) is 5.10 Å². The minimum Gasteiger partial charge on any atom is -0.507 e. The van der Waals surface area contributed by atoms with Gasteiger partial charge in [-0.05, 0) is 11.5 Å². The molecular weight excluding hydrogens is 228 g/mol. The van der Waals surface area contributed by atoms with E-state index in [4.69, 9.17) is 0 Å². The number of phenols is 1. The van der Waals surface area contributed by atoms with E-state index >= 15 is 0 Å². The number of aromatic hydroxyl groups is 1. The van der Waals surface area contributed by atoms with Gasteiger partial charge in [-0.25, -0.2) is 4.68 Å². The van der Waals surface area contributed by atoms with Crippen molar-refractivity contribution in [3.05, 3.63) is 54.6 Å². The largest absolute Gasteiger partial charge is 0.507 e. The minimum atomic E-state index is 0.227. The number of phenolic OH excluding ortho intramolecular Hbond substituents is 1. The molecule has 0 spiro atoms. The summed E-state index contributed by atoms with van der Waals surface area (Å²) >= 11 is 0. The van der Waals surface area contributed by atoms with Gasteiger partial charge in [0.05, 0.1) is 6.21 Å². The molecule has 1 aromatic heterocycles. The van der Waals surface area contributed by atoms with Gasteiger partial charge >= 0.3 is 0 Å². The SMILES string of the molecule is Oc1c(C=Nn2cnnc2)ccc2ccccc12. The van der Waals surface area contributed by atoms with Crippen molar-refractivity contribution in [2.24, 2.45) is 5.10 Å². The van der Waals surface area contributed by atoms with Crippen molar-refractivity contribution in [2.75, 3.05) is 0 Å². The topological polar surface area (TPSA) is 63.3 Å². The van der Waals surface area contributed by atoms with Crippen LogP contribution in [0.2, 0.25) is 0 Å². The van der Waals surface area contributed by atoms with Gasteiger partial charge in [0.15, 0.2) is 0 Å². The Bertz CT molecular complexity index is 704. The van der Waals surface area contributed by atoms with E-state index in [9.17, 15) is 5.11 Å². The first-order chi connectivity index (χ1) is 8.84. The number of fused-ring (bicyclic) bond motifs is 1. The molecule has 0 fully saturated rings. The van der Waals surface area contributed by atoms with Crippen molar-refractivity contribution in [3.8, 4) is 5.75 Å². The Balaban J connectivity index is 2.05. The predicted octanol–water partition coefficient (Wildman–Crippen LogP) is 2.02. The normalized spacial score (nSPS) is 11.3. The zero-order valence-corrected chi connectivity index (χ0v) is 9.43. The van der Waals surface area contributed by atoms with E-state index < -0.39 is 0 Å². The van der Waals surface area contributed by atoms with Crippen LogP contribution in [0.25, 0.3) is 10.8 Å². The fourth-order valence-corrected chi connectivity index (χ4v) is 1.76. The maximum atomic E-state index is 10.1. The van der Waals surface area contributed by atoms with Crippen LogP contribution in [0.3, 0.4) is 0 Å². The van der Waals surface area contributed by atoms with Crippen molar-refractivity contribution in [2.45, 2.75) is 0 Å². The second kappa shape index (κ2) is 4.29. The van der Waals surface area contributed by atoms with Gasteiger partial charge in [0.1, 0.15) is 18.4 Å². The second-order valence-corrected chi connectivity index (χ2v) is 3.81. The number of hydrogen-bond acceptors (Lipinski definition) is 4. The highest BCUT2D eigenvalue weighted by Crippen LogP contribution is 2.27. The zero-order chi connectivity index (χ0) is 12.4. The highest BCUT2D eigenvalue weighted by Gasteiger charge is 2.03. The number of benzene rings is 2. The molecule has 0 radical (unpaired) electrons. The molecule has 0 bridgehead atoms. The van der Waals surface area contributed by atoms with Crippen LogP contribution in [0.5, 0.6) is 5.75 Å². The monoisotopic (exact) mass is 238 g/mol. The first-order valence-corrected chi connectivity index (χ1v) is 5.44. The van der Waals surface area contributed by atoms with Crippen LogP contribution in [0.4, 0.5) is 0 Å². The Labute approximate surface area is 103 Å². The molecule has 88 valence electrons. The molecule has 0 saturated heterocycles. The lowest BCUT2D eigenvalue weighted by Crippen LogP contribution is -1.88. The molecule has 2 aromatic carbocycles. The molecule has 5 nitrogen and oxygen atoms in total. The zero-order valence-electron chi connectivity index (χ0n) is 9.43. The molecule has 1 heterocycles. The van der Waals surface area contributed by atoms with Gasteiger partial charge in [-0.3, -0.25) is 0 Å². The van der Waals surface area contributed by atoms with Gasteiger partial charge in [0.2, 0.25) is 0 Å². The van der Waals surface area contributed by atoms with Crippen molar-refractivity contribution in [1.82, 2.24) is 14.9 Å². The maximum Gasteiger partial charge on any atom is 0.141 e. The molecule has 0 aliphatic carbocycles. The molecule has 1 N–H and O–H groups in total. The standard InChI is InChI=1S/C13H10N4O/c18-13-11(7-16-17-8-14-15-9-17)6-5-10-3-1-2-4-12(10)13/h1-9,18H. The van der Waals surface area contributed by atoms with Crippen LogP contribution < -0.4 is 0 Å². The van der Waals surface area contributed by atoms with Gasteiger partial charge in [-0.1, -0.05) is 30.3 Å². The lowest BCUT2D eigenvalue weighted by Gasteiger charge is -2.03. The summed E-state index contributed by atoms with van der Waals surface area (Å²) in [5, 5.41) is 23.4. The molecule has 3 rings (SSSR count). The molecule has 5 heteroatoms. The molecule has 0 amide bonds. The van der Waals surface area contributed by atoms with E-state index in [2.05, 4.69) is 15.3 Å². The van der Waals surface area contributed by atoms with E-state index in [0.717, 1.165) is 10.8 Å². The van der Waals surface area contributed by atoms with E-state index in [1.165, 1.54) is 17.3 Å². The number of hydrogen-bond donors (Lipinski definition) is 1. The maximum absolute atomic E-state index is 10.1. The molecule has 3 aromatic rings. The summed E-state index contributed by atoms with van der Waals surface area (Å²) in [5.74, 6) is 0.227. The van der Waals surface area contributed by atoms with Crippen LogP contribution in [-0.2, 0) is 0 Å². The Morgan fingerprint density at radius 2 is 1.83 bits per heavy atom. The first kappa shape index (κ1) is 10.5. The summed E-state index contributed by atoms with van der Waals surface area (Å²) in [5.41, 5.74) is 0.655. The molecular formula is C13H10N4O. The molecule has 0 aliphatic rings. The van der Waals surface area contributed by atoms with Crippen LogP contribution >= 0.6 is 0 Å². The van der Waals surface area contributed by atoms with E-state index in [-0.39, 0.29) is 5.75 Å². The van der Waals surface area contributed by atoms with E-state index in [1.54, 1.807) is 6.21 Å². The third-order valence-electron chi connectivity index (χ3n) is 2.67. The quantitative estimate of drug-likeness (QED) is 0.695. The number of rotatable bonds is 2. The van der Waals surface area contributed by atoms with Crippen LogP contribution in [0.15, 0.2) is 54.2 Å². The summed E-state index contributed by atoms with van der Waals surface area (Å²) < 4.78 is 1.47. The van der Waals surface area contributed by atoms with Gasteiger partial charge in [0, 0.05) is 10.9 Å². The molecule has 18 heavy (non-hydrogen) atoms. The van der Waals surface area contributed by atoms with Crippen LogP contribution in [0, 0.1) is 0 Å². The van der Waals surface area contributed by atoms with Gasteiger partial charge in [-0.15, -0.1) is 10.2 Å². The van der Waals surface area contributed by atoms with Crippen molar-refractivity contribution >= 4 is 17.0 Å². The van der Waals surface area contributed by atoms with Gasteiger partial charge < -0.3 is 5.11 Å². The lowest BCUT2D eigenvalue weighted by molar-refractivity contribution is 0.481. The van der Waals surface area contributed by atoms with E-state index in [0.29, 0.717) is 5.56 Å². The minimum absolute atomic E-state index is 0.227. The third-order valence-corrected chi connectivity index (χ3v) is 2.67. The first-order valence-electron chi connectivity index (χ1n) is 5.44.